The quantitative estimate of drug-likeness (QED) is 0.580. The lowest BCUT2D eigenvalue weighted by Crippen LogP contribution is -2.36. The second kappa shape index (κ2) is 11.2. The molecule has 2 aromatic rings. The van der Waals surface area contributed by atoms with Gasteiger partial charge < -0.3 is 29.1 Å². The van der Waals surface area contributed by atoms with E-state index in [4.69, 9.17) is 14.2 Å². The van der Waals surface area contributed by atoms with E-state index in [1.807, 2.05) is 4.90 Å². The lowest BCUT2D eigenvalue weighted by Gasteiger charge is -2.34. The fourth-order valence-electron chi connectivity index (χ4n) is 5.01. The molecule has 0 aromatic heterocycles. The molecule has 2 aromatic carbocycles. The number of carbonyl (C=O) groups excluding carboxylic acids is 1. The smallest absolute Gasteiger partial charge is 0.227 e. The first kappa shape index (κ1) is 26.0. The fourth-order valence-corrected chi connectivity index (χ4v) is 5.01. The Hall–Kier alpha value is -2.64. The van der Waals surface area contributed by atoms with E-state index in [9.17, 15) is 9.90 Å². The first-order valence-corrected chi connectivity index (χ1v) is 11.5. The number of hydrogen-bond acceptors (Lipinski definition) is 6. The van der Waals surface area contributed by atoms with Gasteiger partial charge in [-0.1, -0.05) is 0 Å². The van der Waals surface area contributed by atoms with Crippen LogP contribution < -0.4 is 14.2 Å². The van der Waals surface area contributed by atoms with Crippen LogP contribution in [0.2, 0.25) is 0 Å². The summed E-state index contributed by atoms with van der Waals surface area (Å²) in [6, 6.07) is 7.72. The second-order valence-electron chi connectivity index (χ2n) is 9.02. The predicted octanol–water partition coefficient (Wildman–Crippen LogP) is 3.43. The summed E-state index contributed by atoms with van der Waals surface area (Å²) in [6.45, 7) is 3.34. The predicted molar refractivity (Wildman–Crippen MR) is 134 cm³/mol. The lowest BCUT2D eigenvalue weighted by atomic mass is 9.77. The molecule has 0 fully saturated rings. The molecule has 8 heteroatoms. The van der Waals surface area contributed by atoms with E-state index in [0.717, 1.165) is 61.5 Å². The zero-order valence-electron chi connectivity index (χ0n) is 20.4. The molecule has 1 aliphatic carbocycles. The molecule has 1 amide bonds. The van der Waals surface area contributed by atoms with E-state index in [0.29, 0.717) is 24.6 Å². The van der Waals surface area contributed by atoms with Crippen molar-refractivity contribution in [3.63, 3.8) is 0 Å². The largest absolute Gasteiger partial charge is 0.504 e. The number of ether oxygens (including phenoxy) is 3. The van der Waals surface area contributed by atoms with Crippen molar-refractivity contribution in [1.29, 1.82) is 0 Å². The molecule has 0 unspecified atom stereocenters. The summed E-state index contributed by atoms with van der Waals surface area (Å²) < 4.78 is 16.1. The minimum absolute atomic E-state index is 0. The number of hydrogen-bond donors (Lipinski definition) is 1. The van der Waals surface area contributed by atoms with Gasteiger partial charge in [-0.15, -0.1) is 12.4 Å². The van der Waals surface area contributed by atoms with Crippen molar-refractivity contribution >= 4 is 18.3 Å². The van der Waals surface area contributed by atoms with Crippen molar-refractivity contribution in [3.05, 3.63) is 46.5 Å². The molecule has 7 nitrogen and oxygen atoms in total. The van der Waals surface area contributed by atoms with Gasteiger partial charge in [0.25, 0.3) is 0 Å². The molecule has 1 aliphatic heterocycles. The number of nitrogens with zero attached hydrogens (tertiary/aromatic N) is 2. The zero-order valence-corrected chi connectivity index (χ0v) is 21.2. The van der Waals surface area contributed by atoms with Gasteiger partial charge in [0, 0.05) is 25.6 Å². The van der Waals surface area contributed by atoms with Crippen LogP contribution in [0.25, 0.3) is 0 Å². The number of aromatic hydroxyl groups is 1. The maximum Gasteiger partial charge on any atom is 0.227 e. The number of phenols is 1. The molecule has 1 atom stereocenters. The molecular formula is C26H35ClN2O5. The lowest BCUT2D eigenvalue weighted by molar-refractivity contribution is -0.130. The van der Waals surface area contributed by atoms with Gasteiger partial charge in [-0.2, -0.15) is 0 Å². The van der Waals surface area contributed by atoms with Gasteiger partial charge in [0.15, 0.2) is 23.0 Å². The molecule has 0 radical (unpaired) electrons. The maximum absolute atomic E-state index is 12.8. The highest BCUT2D eigenvalue weighted by atomic mass is 35.5. The molecule has 0 saturated carbocycles. The average Bonchev–Trinajstić information content (AvgIpc) is 2.94. The highest BCUT2D eigenvalue weighted by Gasteiger charge is 2.29. The summed E-state index contributed by atoms with van der Waals surface area (Å²) in [5.41, 5.74) is 4.66. The Labute approximate surface area is 208 Å². The van der Waals surface area contributed by atoms with E-state index in [1.54, 1.807) is 26.4 Å². The molecule has 0 spiro atoms. The summed E-state index contributed by atoms with van der Waals surface area (Å²) in [5.74, 6) is 2.77. The topological polar surface area (TPSA) is 71.5 Å². The second-order valence-corrected chi connectivity index (χ2v) is 9.02. The normalized spacial score (nSPS) is 16.7. The number of methoxy groups -OCH3 is 3. The first-order valence-electron chi connectivity index (χ1n) is 11.5. The van der Waals surface area contributed by atoms with Crippen LogP contribution in [0.15, 0.2) is 24.3 Å². The van der Waals surface area contributed by atoms with Gasteiger partial charge >= 0.3 is 0 Å². The summed E-state index contributed by atoms with van der Waals surface area (Å²) in [4.78, 5) is 17.1. The summed E-state index contributed by atoms with van der Waals surface area (Å²) in [5, 5.41) is 10.1. The van der Waals surface area contributed by atoms with Gasteiger partial charge in [0.2, 0.25) is 5.91 Å². The van der Waals surface area contributed by atoms with E-state index in [1.165, 1.54) is 18.2 Å². The van der Waals surface area contributed by atoms with Crippen LogP contribution in [-0.2, 0) is 24.1 Å². The standard InChI is InChI=1S/C26H34N2O5.ClH/c1-27(16-20-10-19-13-24(32-3)25(33-4)15-21(19)20)7-5-8-28-9-6-17-11-22(29)23(31-2)12-18(17)14-26(28)30;/h11-13,15,20,29H,5-10,14,16H2,1-4H3;1H/t20-;/m1./s1. The molecule has 0 bridgehead atoms. The Morgan fingerprint density at radius 2 is 1.68 bits per heavy atom. The third kappa shape index (κ3) is 5.36. The Morgan fingerprint density at radius 3 is 2.38 bits per heavy atom. The Kier molecular flexibility index (Phi) is 8.55. The summed E-state index contributed by atoms with van der Waals surface area (Å²) in [7, 11) is 7.01. The number of phenolic OH excluding ortho intramolecular Hbond substituents is 1. The van der Waals surface area contributed by atoms with Gasteiger partial charge in [0.1, 0.15) is 0 Å². The molecule has 2 aliphatic rings. The molecular weight excluding hydrogens is 456 g/mol. The SMILES string of the molecule is COc1cc2c(cc1O)CCN(CCCN(C)C[C@H]1Cc3cc(OC)c(OC)cc31)C(=O)C2.Cl. The number of fused-ring (bicyclic) bond motifs is 2. The van der Waals surface area contributed by atoms with Crippen LogP contribution in [0, 0.1) is 0 Å². The Balaban J connectivity index is 0.00000324. The Morgan fingerprint density at radius 1 is 1.00 bits per heavy atom. The average molecular weight is 491 g/mol. The number of carbonyl (C=O) groups is 1. The van der Waals surface area contributed by atoms with E-state index in [2.05, 4.69) is 24.1 Å². The van der Waals surface area contributed by atoms with Gasteiger partial charge in [-0.3, -0.25) is 4.79 Å². The van der Waals surface area contributed by atoms with E-state index < -0.39 is 0 Å². The molecule has 186 valence electrons. The summed E-state index contributed by atoms with van der Waals surface area (Å²) >= 11 is 0. The minimum atomic E-state index is 0. The van der Waals surface area contributed by atoms with Gasteiger partial charge in [-0.25, -0.2) is 0 Å². The van der Waals surface area contributed by atoms with Gasteiger partial charge in [-0.05, 0) is 79.4 Å². The van der Waals surface area contributed by atoms with Gasteiger partial charge in [0.05, 0.1) is 27.8 Å². The number of likely N-dealkylation sites (N-methyl/N-ethyl adjacent to an activating group) is 1. The third-order valence-corrected chi connectivity index (χ3v) is 6.90. The van der Waals surface area contributed by atoms with Crippen molar-refractivity contribution in [2.24, 2.45) is 0 Å². The highest BCUT2D eigenvalue weighted by Crippen LogP contribution is 2.42. The highest BCUT2D eigenvalue weighted by molar-refractivity contribution is 5.85. The van der Waals surface area contributed by atoms with Crippen LogP contribution in [0.1, 0.15) is 34.6 Å². The van der Waals surface area contributed by atoms with Crippen LogP contribution in [0.4, 0.5) is 0 Å². The first-order chi connectivity index (χ1) is 15.9. The van der Waals surface area contributed by atoms with Crippen LogP contribution in [-0.4, -0.2) is 75.4 Å². The fraction of sp³-hybridized carbons (Fsp3) is 0.500. The molecule has 0 saturated heterocycles. The van der Waals surface area contributed by atoms with Crippen LogP contribution >= 0.6 is 12.4 Å². The number of halogens is 1. The van der Waals surface area contributed by atoms with Crippen molar-refractivity contribution in [2.75, 3.05) is 54.6 Å². The molecule has 1 N–H and O–H groups in total. The van der Waals surface area contributed by atoms with Crippen LogP contribution in [0.3, 0.4) is 0 Å². The zero-order chi connectivity index (χ0) is 23.5. The van der Waals surface area contributed by atoms with Crippen molar-refractivity contribution in [3.8, 4) is 23.0 Å². The molecule has 4 rings (SSSR count). The number of benzene rings is 2. The molecule has 1 heterocycles. The van der Waals surface area contributed by atoms with Crippen molar-refractivity contribution < 1.29 is 24.1 Å². The molecule has 34 heavy (non-hydrogen) atoms. The third-order valence-electron chi connectivity index (χ3n) is 6.90. The maximum atomic E-state index is 12.8. The monoisotopic (exact) mass is 490 g/mol. The van der Waals surface area contributed by atoms with E-state index in [-0.39, 0.29) is 24.1 Å². The van der Waals surface area contributed by atoms with Crippen molar-refractivity contribution in [1.82, 2.24) is 9.80 Å². The Bertz CT molecular complexity index is 1030. The van der Waals surface area contributed by atoms with Crippen LogP contribution in [0.5, 0.6) is 23.0 Å². The minimum Gasteiger partial charge on any atom is -0.504 e. The number of rotatable bonds is 9. The van der Waals surface area contributed by atoms with E-state index >= 15 is 0 Å². The summed E-state index contributed by atoms with van der Waals surface area (Å²) in [6.07, 6.45) is 3.09. The van der Waals surface area contributed by atoms with Crippen molar-refractivity contribution in [2.45, 2.75) is 31.6 Å². The number of amides is 1.